The van der Waals surface area contributed by atoms with Crippen LogP contribution in [0, 0.1) is 11.3 Å². The second-order valence-corrected chi connectivity index (χ2v) is 9.94. The Morgan fingerprint density at radius 1 is 1.08 bits per heavy atom. The van der Waals surface area contributed by atoms with Gasteiger partial charge in [-0.1, -0.05) is 20.8 Å². The lowest BCUT2D eigenvalue weighted by molar-refractivity contribution is -0.0697. The summed E-state index contributed by atoms with van der Waals surface area (Å²) in [4.78, 5) is 11.3. The fourth-order valence-corrected chi connectivity index (χ4v) is 3.58. The SMILES string of the molecule is CC(=O)c1ccc(COC(C)(C)CC(C)(C)CC(C)COC(C)(C)C)o1. The van der Waals surface area contributed by atoms with Gasteiger partial charge in [-0.15, -0.1) is 0 Å². The van der Waals surface area contributed by atoms with Crippen LogP contribution in [0.15, 0.2) is 16.5 Å². The van der Waals surface area contributed by atoms with Crippen LogP contribution in [0.4, 0.5) is 0 Å². The molecule has 0 radical (unpaired) electrons. The zero-order valence-electron chi connectivity index (χ0n) is 18.2. The van der Waals surface area contributed by atoms with Crippen molar-refractivity contribution in [2.45, 2.75) is 93.0 Å². The molecule has 0 saturated carbocycles. The van der Waals surface area contributed by atoms with Crippen LogP contribution < -0.4 is 0 Å². The number of ether oxygens (including phenoxy) is 2. The molecule has 0 aromatic carbocycles. The lowest BCUT2D eigenvalue weighted by Crippen LogP contribution is -2.33. The summed E-state index contributed by atoms with van der Waals surface area (Å²) in [5.41, 5.74) is -0.238. The molecule has 1 unspecified atom stereocenters. The molecular formula is C22H38O4. The maximum Gasteiger partial charge on any atom is 0.194 e. The van der Waals surface area contributed by atoms with Gasteiger partial charge in [-0.3, -0.25) is 4.79 Å². The number of Topliss-reactive ketones (excluding diaryl/α,β-unsaturated/α-hetero) is 1. The minimum atomic E-state index is -0.280. The lowest BCUT2D eigenvalue weighted by Gasteiger charge is -2.37. The van der Waals surface area contributed by atoms with E-state index in [4.69, 9.17) is 13.9 Å². The number of carbonyl (C=O) groups is 1. The third-order valence-corrected chi connectivity index (χ3v) is 4.22. The maximum atomic E-state index is 11.3. The second-order valence-electron chi connectivity index (χ2n) is 9.94. The van der Waals surface area contributed by atoms with Gasteiger partial charge in [-0.2, -0.15) is 0 Å². The van der Waals surface area contributed by atoms with Crippen LogP contribution in [0.1, 0.15) is 91.5 Å². The van der Waals surface area contributed by atoms with Crippen molar-refractivity contribution in [2.75, 3.05) is 6.61 Å². The first-order chi connectivity index (χ1) is 11.7. The summed E-state index contributed by atoms with van der Waals surface area (Å²) in [5, 5.41) is 0. The average Bonchev–Trinajstić information content (AvgIpc) is 2.90. The van der Waals surface area contributed by atoms with Gasteiger partial charge in [-0.25, -0.2) is 0 Å². The van der Waals surface area contributed by atoms with E-state index in [-0.39, 0.29) is 22.4 Å². The summed E-state index contributed by atoms with van der Waals surface area (Å²) in [6, 6.07) is 3.51. The smallest absolute Gasteiger partial charge is 0.194 e. The van der Waals surface area contributed by atoms with E-state index >= 15 is 0 Å². The fourth-order valence-electron chi connectivity index (χ4n) is 3.58. The van der Waals surface area contributed by atoms with Crippen molar-refractivity contribution in [1.82, 2.24) is 0 Å². The van der Waals surface area contributed by atoms with Gasteiger partial charge in [0.25, 0.3) is 0 Å². The number of ketones is 1. The van der Waals surface area contributed by atoms with Crippen LogP contribution in [-0.4, -0.2) is 23.6 Å². The molecule has 0 aliphatic rings. The van der Waals surface area contributed by atoms with Gasteiger partial charge in [-0.05, 0) is 70.9 Å². The van der Waals surface area contributed by atoms with E-state index < -0.39 is 0 Å². The molecule has 4 nitrogen and oxygen atoms in total. The van der Waals surface area contributed by atoms with Crippen molar-refractivity contribution in [3.8, 4) is 0 Å². The van der Waals surface area contributed by atoms with E-state index in [0.717, 1.165) is 19.4 Å². The van der Waals surface area contributed by atoms with Gasteiger partial charge < -0.3 is 13.9 Å². The molecular weight excluding hydrogens is 328 g/mol. The highest BCUT2D eigenvalue weighted by Crippen LogP contribution is 2.36. The molecule has 1 aromatic rings. The molecule has 1 rings (SSSR count). The summed E-state index contributed by atoms with van der Waals surface area (Å²) in [7, 11) is 0. The molecule has 0 aliphatic carbocycles. The highest BCUT2D eigenvalue weighted by atomic mass is 16.5. The molecule has 0 aliphatic heterocycles. The van der Waals surface area contributed by atoms with E-state index in [0.29, 0.717) is 24.0 Å². The summed E-state index contributed by atoms with van der Waals surface area (Å²) < 4.78 is 17.5. The molecule has 1 atom stereocenters. The van der Waals surface area contributed by atoms with Crippen molar-refractivity contribution in [1.29, 1.82) is 0 Å². The van der Waals surface area contributed by atoms with Crippen LogP contribution in [0.25, 0.3) is 0 Å². The van der Waals surface area contributed by atoms with Gasteiger partial charge in [0.15, 0.2) is 11.5 Å². The first-order valence-corrected chi connectivity index (χ1v) is 9.57. The van der Waals surface area contributed by atoms with Crippen LogP contribution in [0.5, 0.6) is 0 Å². The third-order valence-electron chi connectivity index (χ3n) is 4.22. The Bertz CT molecular complexity index is 575. The molecule has 4 heteroatoms. The molecule has 0 fully saturated rings. The Hall–Kier alpha value is -1.13. The number of rotatable bonds is 10. The number of hydrogen-bond acceptors (Lipinski definition) is 4. The Balaban J connectivity index is 2.52. The van der Waals surface area contributed by atoms with E-state index in [2.05, 4.69) is 55.4 Å². The normalized spacial score (nSPS) is 14.5. The Morgan fingerprint density at radius 2 is 1.69 bits per heavy atom. The minimum Gasteiger partial charge on any atom is -0.456 e. The van der Waals surface area contributed by atoms with Crippen LogP contribution in [-0.2, 0) is 16.1 Å². The van der Waals surface area contributed by atoms with Gasteiger partial charge >= 0.3 is 0 Å². The number of carbonyl (C=O) groups excluding carboxylic acids is 1. The predicted molar refractivity (Wildman–Crippen MR) is 105 cm³/mol. The fraction of sp³-hybridized carbons (Fsp3) is 0.773. The molecule has 0 saturated heterocycles. The zero-order chi connectivity index (χ0) is 20.2. The Labute approximate surface area is 159 Å². The molecule has 0 N–H and O–H groups in total. The van der Waals surface area contributed by atoms with Gasteiger partial charge in [0, 0.05) is 13.5 Å². The number of hydrogen-bond donors (Lipinski definition) is 0. The monoisotopic (exact) mass is 366 g/mol. The summed E-state index contributed by atoms with van der Waals surface area (Å²) in [6.45, 7) is 20.0. The maximum absolute atomic E-state index is 11.3. The van der Waals surface area contributed by atoms with Gasteiger partial charge in [0.05, 0.1) is 11.2 Å². The highest BCUT2D eigenvalue weighted by molar-refractivity contribution is 5.91. The summed E-state index contributed by atoms with van der Waals surface area (Å²) in [5.74, 6) is 1.49. The molecule has 0 bridgehead atoms. The van der Waals surface area contributed by atoms with Crippen molar-refractivity contribution in [2.24, 2.45) is 11.3 Å². The zero-order valence-corrected chi connectivity index (χ0v) is 18.2. The molecule has 150 valence electrons. The predicted octanol–water partition coefficient (Wildman–Crippen LogP) is 6.04. The van der Waals surface area contributed by atoms with Gasteiger partial charge in [0.2, 0.25) is 0 Å². The second kappa shape index (κ2) is 8.71. The van der Waals surface area contributed by atoms with E-state index in [1.807, 2.05) is 6.07 Å². The molecule has 1 aromatic heterocycles. The molecule has 0 amide bonds. The highest BCUT2D eigenvalue weighted by Gasteiger charge is 2.31. The van der Waals surface area contributed by atoms with Crippen LogP contribution in [0.3, 0.4) is 0 Å². The van der Waals surface area contributed by atoms with E-state index in [1.165, 1.54) is 6.92 Å². The van der Waals surface area contributed by atoms with Crippen molar-refractivity contribution in [3.05, 3.63) is 23.7 Å². The van der Waals surface area contributed by atoms with Crippen molar-refractivity contribution < 1.29 is 18.7 Å². The lowest BCUT2D eigenvalue weighted by atomic mass is 9.76. The third kappa shape index (κ3) is 9.00. The topological polar surface area (TPSA) is 48.7 Å². The van der Waals surface area contributed by atoms with E-state index in [9.17, 15) is 4.79 Å². The molecule has 26 heavy (non-hydrogen) atoms. The Kier molecular flexibility index (Phi) is 7.67. The largest absolute Gasteiger partial charge is 0.456 e. The van der Waals surface area contributed by atoms with Gasteiger partial charge in [0.1, 0.15) is 12.4 Å². The molecule has 1 heterocycles. The van der Waals surface area contributed by atoms with Crippen molar-refractivity contribution >= 4 is 5.78 Å². The van der Waals surface area contributed by atoms with E-state index in [1.54, 1.807) is 6.07 Å². The van der Waals surface area contributed by atoms with Crippen molar-refractivity contribution in [3.63, 3.8) is 0 Å². The summed E-state index contributed by atoms with van der Waals surface area (Å²) >= 11 is 0. The minimum absolute atomic E-state index is 0.0666. The van der Waals surface area contributed by atoms with Crippen LogP contribution >= 0.6 is 0 Å². The molecule has 0 spiro atoms. The standard InChI is InChI=1S/C22H38O4/c1-16(13-24-20(3,4)5)12-21(6,7)15-22(8,9)25-14-18-10-11-19(26-18)17(2)23/h10-11,16H,12-15H2,1-9H3. The summed E-state index contributed by atoms with van der Waals surface area (Å²) in [6.07, 6.45) is 2.01. The quantitative estimate of drug-likeness (QED) is 0.474. The number of furan rings is 1. The first kappa shape index (κ1) is 22.9. The van der Waals surface area contributed by atoms with Crippen LogP contribution in [0.2, 0.25) is 0 Å². The first-order valence-electron chi connectivity index (χ1n) is 9.57. The average molecular weight is 367 g/mol. The Morgan fingerprint density at radius 3 is 2.19 bits per heavy atom.